The Bertz CT molecular complexity index is 748. The predicted octanol–water partition coefficient (Wildman–Crippen LogP) is 4.19. The Labute approximate surface area is 117 Å². The van der Waals surface area contributed by atoms with Crippen molar-refractivity contribution in [3.63, 3.8) is 0 Å². The van der Waals surface area contributed by atoms with Crippen molar-refractivity contribution in [2.24, 2.45) is 0 Å². The zero-order valence-electron chi connectivity index (χ0n) is 11.5. The van der Waals surface area contributed by atoms with E-state index in [1.807, 2.05) is 38.2 Å². The summed E-state index contributed by atoms with van der Waals surface area (Å²) >= 11 is 0. The molecule has 0 radical (unpaired) electrons. The summed E-state index contributed by atoms with van der Waals surface area (Å²) in [6.07, 6.45) is 0. The smallest absolute Gasteiger partial charge is 0.134 e. The molecule has 1 N–H and O–H groups in total. The summed E-state index contributed by atoms with van der Waals surface area (Å²) in [5.41, 5.74) is 2.89. The van der Waals surface area contributed by atoms with Gasteiger partial charge in [-0.3, -0.25) is 0 Å². The Morgan fingerprint density at radius 3 is 2.70 bits per heavy atom. The van der Waals surface area contributed by atoms with Crippen LogP contribution in [0.2, 0.25) is 0 Å². The van der Waals surface area contributed by atoms with Crippen LogP contribution in [0, 0.1) is 12.7 Å². The molecule has 0 aliphatic rings. The molecule has 0 spiro atoms. The van der Waals surface area contributed by atoms with Crippen LogP contribution >= 0.6 is 0 Å². The molecule has 3 heteroatoms. The first-order valence-corrected chi connectivity index (χ1v) is 6.60. The molecule has 0 bridgehead atoms. The molecule has 20 heavy (non-hydrogen) atoms. The minimum absolute atomic E-state index is 0.154. The van der Waals surface area contributed by atoms with Crippen LogP contribution in [0.15, 0.2) is 52.9 Å². The fraction of sp³-hybridized carbons (Fsp3) is 0.176. The fourth-order valence-electron chi connectivity index (χ4n) is 2.48. The van der Waals surface area contributed by atoms with Crippen LogP contribution in [0.4, 0.5) is 4.39 Å². The van der Waals surface area contributed by atoms with Crippen molar-refractivity contribution in [3.8, 4) is 0 Å². The Balaban J connectivity index is 2.07. The summed E-state index contributed by atoms with van der Waals surface area (Å²) in [7, 11) is 1.84. The second-order valence-electron chi connectivity index (χ2n) is 4.97. The van der Waals surface area contributed by atoms with Crippen LogP contribution in [-0.4, -0.2) is 7.05 Å². The van der Waals surface area contributed by atoms with Gasteiger partial charge in [-0.15, -0.1) is 0 Å². The van der Waals surface area contributed by atoms with E-state index in [1.54, 1.807) is 6.07 Å². The van der Waals surface area contributed by atoms with Gasteiger partial charge < -0.3 is 9.73 Å². The standard InChI is InChI=1S/C17H16FNO/c1-11-6-7-15-13(8-11)10-16(20-15)17(19-2)12-4-3-5-14(18)9-12/h3-10,17,19H,1-2H3. The van der Waals surface area contributed by atoms with E-state index in [0.29, 0.717) is 0 Å². The molecule has 102 valence electrons. The van der Waals surface area contributed by atoms with Gasteiger partial charge in [0.1, 0.15) is 17.2 Å². The molecule has 0 saturated heterocycles. The average Bonchev–Trinajstić information content (AvgIpc) is 2.82. The van der Waals surface area contributed by atoms with Gasteiger partial charge in [0.2, 0.25) is 0 Å². The van der Waals surface area contributed by atoms with E-state index in [1.165, 1.54) is 17.7 Å². The third kappa shape index (κ3) is 2.32. The van der Waals surface area contributed by atoms with Gasteiger partial charge in [0.15, 0.2) is 0 Å². The van der Waals surface area contributed by atoms with E-state index >= 15 is 0 Å². The number of halogens is 1. The number of aryl methyl sites for hydroxylation is 1. The van der Waals surface area contributed by atoms with E-state index in [-0.39, 0.29) is 11.9 Å². The fourth-order valence-corrected chi connectivity index (χ4v) is 2.48. The van der Waals surface area contributed by atoms with E-state index in [2.05, 4.69) is 11.4 Å². The molecule has 1 aromatic heterocycles. The summed E-state index contributed by atoms with van der Waals surface area (Å²) in [6.45, 7) is 2.05. The molecule has 1 atom stereocenters. The lowest BCUT2D eigenvalue weighted by Crippen LogP contribution is -2.17. The summed E-state index contributed by atoms with van der Waals surface area (Å²) in [6, 6.07) is 14.5. The van der Waals surface area contributed by atoms with Crippen molar-refractivity contribution in [1.82, 2.24) is 5.32 Å². The van der Waals surface area contributed by atoms with Gasteiger partial charge >= 0.3 is 0 Å². The second kappa shape index (κ2) is 5.10. The van der Waals surface area contributed by atoms with E-state index in [9.17, 15) is 4.39 Å². The Morgan fingerprint density at radius 1 is 1.10 bits per heavy atom. The van der Waals surface area contributed by atoms with Gasteiger partial charge in [-0.2, -0.15) is 0 Å². The molecular weight excluding hydrogens is 253 g/mol. The highest BCUT2D eigenvalue weighted by atomic mass is 19.1. The third-order valence-electron chi connectivity index (χ3n) is 3.45. The Morgan fingerprint density at radius 2 is 1.95 bits per heavy atom. The summed E-state index contributed by atoms with van der Waals surface area (Å²) < 4.78 is 19.3. The Hall–Kier alpha value is -2.13. The maximum atomic E-state index is 13.4. The molecule has 2 nitrogen and oxygen atoms in total. The number of hydrogen-bond donors (Lipinski definition) is 1. The maximum absolute atomic E-state index is 13.4. The van der Waals surface area contributed by atoms with Gasteiger partial charge in [0, 0.05) is 5.39 Å². The SMILES string of the molecule is CNC(c1cccc(F)c1)c1cc2cc(C)ccc2o1. The number of furan rings is 1. The highest BCUT2D eigenvalue weighted by Gasteiger charge is 2.17. The highest BCUT2D eigenvalue weighted by Crippen LogP contribution is 2.28. The molecule has 1 heterocycles. The van der Waals surface area contributed by atoms with Crippen molar-refractivity contribution >= 4 is 11.0 Å². The molecule has 0 aliphatic carbocycles. The van der Waals surface area contributed by atoms with E-state index < -0.39 is 0 Å². The lowest BCUT2D eigenvalue weighted by molar-refractivity contribution is 0.490. The second-order valence-corrected chi connectivity index (χ2v) is 4.97. The lowest BCUT2D eigenvalue weighted by Gasteiger charge is -2.13. The van der Waals surface area contributed by atoms with Crippen LogP contribution in [0.1, 0.15) is 22.9 Å². The first-order valence-electron chi connectivity index (χ1n) is 6.60. The third-order valence-corrected chi connectivity index (χ3v) is 3.45. The summed E-state index contributed by atoms with van der Waals surface area (Å²) in [5, 5.41) is 4.24. The summed E-state index contributed by atoms with van der Waals surface area (Å²) in [4.78, 5) is 0. The minimum Gasteiger partial charge on any atom is -0.459 e. The zero-order chi connectivity index (χ0) is 14.1. The van der Waals surface area contributed by atoms with Crippen molar-refractivity contribution in [3.05, 3.63) is 71.2 Å². The largest absolute Gasteiger partial charge is 0.459 e. The van der Waals surface area contributed by atoms with E-state index in [0.717, 1.165) is 22.3 Å². The first-order chi connectivity index (χ1) is 9.67. The molecule has 3 rings (SSSR count). The van der Waals surface area contributed by atoms with Crippen molar-refractivity contribution in [2.45, 2.75) is 13.0 Å². The van der Waals surface area contributed by atoms with Gasteiger partial charge in [0.05, 0.1) is 6.04 Å². The van der Waals surface area contributed by atoms with Crippen molar-refractivity contribution in [1.29, 1.82) is 0 Å². The van der Waals surface area contributed by atoms with Crippen LogP contribution in [-0.2, 0) is 0 Å². The lowest BCUT2D eigenvalue weighted by atomic mass is 10.0. The van der Waals surface area contributed by atoms with Gasteiger partial charge in [-0.25, -0.2) is 4.39 Å². The van der Waals surface area contributed by atoms with E-state index in [4.69, 9.17) is 4.42 Å². The number of fused-ring (bicyclic) bond motifs is 1. The number of hydrogen-bond acceptors (Lipinski definition) is 2. The van der Waals surface area contributed by atoms with Crippen LogP contribution in [0.3, 0.4) is 0 Å². The Kier molecular flexibility index (Phi) is 3.28. The molecule has 0 saturated carbocycles. The van der Waals surface area contributed by atoms with Crippen LogP contribution in [0.25, 0.3) is 11.0 Å². The van der Waals surface area contributed by atoms with Crippen LogP contribution < -0.4 is 5.32 Å². The molecule has 0 fully saturated rings. The molecular formula is C17H16FNO. The maximum Gasteiger partial charge on any atom is 0.134 e. The average molecular weight is 269 g/mol. The topological polar surface area (TPSA) is 25.2 Å². The van der Waals surface area contributed by atoms with Crippen molar-refractivity contribution < 1.29 is 8.81 Å². The quantitative estimate of drug-likeness (QED) is 0.771. The molecule has 2 aromatic carbocycles. The molecule has 0 aliphatic heterocycles. The van der Waals surface area contributed by atoms with Crippen molar-refractivity contribution in [2.75, 3.05) is 7.05 Å². The number of rotatable bonds is 3. The number of nitrogens with one attached hydrogen (secondary N) is 1. The van der Waals surface area contributed by atoms with Gasteiger partial charge in [-0.05, 0) is 49.9 Å². The van der Waals surface area contributed by atoms with Crippen LogP contribution in [0.5, 0.6) is 0 Å². The first kappa shape index (κ1) is 12.9. The molecule has 3 aromatic rings. The monoisotopic (exact) mass is 269 g/mol. The normalized spacial score (nSPS) is 12.8. The highest BCUT2D eigenvalue weighted by molar-refractivity contribution is 5.78. The summed E-state index contributed by atoms with van der Waals surface area (Å²) in [5.74, 6) is 0.549. The van der Waals surface area contributed by atoms with Gasteiger partial charge in [-0.1, -0.05) is 23.8 Å². The number of benzene rings is 2. The predicted molar refractivity (Wildman–Crippen MR) is 78.3 cm³/mol. The minimum atomic E-state index is -0.241. The molecule has 1 unspecified atom stereocenters. The zero-order valence-corrected chi connectivity index (χ0v) is 11.5. The van der Waals surface area contributed by atoms with Gasteiger partial charge in [0.25, 0.3) is 0 Å². The molecule has 0 amide bonds.